The van der Waals surface area contributed by atoms with Gasteiger partial charge in [0.25, 0.3) is 5.95 Å². The van der Waals surface area contributed by atoms with Crippen LogP contribution < -0.4 is 9.80 Å². The third kappa shape index (κ3) is 6.06. The maximum atomic E-state index is 13.7. The zero-order valence-electron chi connectivity index (χ0n) is 20.9. The van der Waals surface area contributed by atoms with E-state index >= 15 is 0 Å². The zero-order valence-corrected chi connectivity index (χ0v) is 20.9. The number of tetrazole rings is 1. The third-order valence-electron chi connectivity index (χ3n) is 6.55. The van der Waals surface area contributed by atoms with E-state index in [4.69, 9.17) is 0 Å². The molecule has 0 N–H and O–H groups in total. The molecule has 2 aromatic carbocycles. The fraction of sp³-hybridized carbons (Fsp3) is 0.458. The Labute approximate surface area is 217 Å². The molecule has 0 spiro atoms. The van der Waals surface area contributed by atoms with E-state index in [1.165, 1.54) is 24.9 Å². The molecule has 212 valence electrons. The summed E-state index contributed by atoms with van der Waals surface area (Å²) in [6, 6.07) is 2.84. The molecule has 0 aliphatic carbocycles. The van der Waals surface area contributed by atoms with Crippen LogP contribution in [0.1, 0.15) is 52.3 Å². The minimum Gasteiger partial charge on any atom is -0.374 e. The Hall–Kier alpha value is -3.52. The number of benzene rings is 2. The SMILES string of the molecule is Cc1cc2c(cc1C(F)(F)F)N(C)CCC[C@@H]2N(Cc1cc(C(F)(F)F)cc(C(F)(F)F)c1)c1nnn(C)n1. The fourth-order valence-corrected chi connectivity index (χ4v) is 4.76. The standard InChI is InChI=1S/C24H23F9N6/c1-13-7-17-19(5-4-6-37(2)20(17)11-18(13)24(31,32)33)39(21-34-36-38(3)35-21)12-14-8-15(22(25,26)27)10-16(9-14)23(28,29)30/h7-11,19H,4-6,12H2,1-3H3/t19-/m0/s1. The number of fused-ring (bicyclic) bond motifs is 1. The molecule has 15 heteroatoms. The highest BCUT2D eigenvalue weighted by atomic mass is 19.4. The summed E-state index contributed by atoms with van der Waals surface area (Å²) in [5.41, 5.74) is -3.55. The van der Waals surface area contributed by atoms with E-state index in [9.17, 15) is 39.5 Å². The first-order chi connectivity index (χ1) is 17.9. The number of aromatic nitrogens is 4. The smallest absolute Gasteiger partial charge is 0.374 e. The Kier molecular flexibility index (Phi) is 7.23. The number of anilines is 2. The van der Waals surface area contributed by atoms with Crippen molar-refractivity contribution in [2.24, 2.45) is 7.05 Å². The molecule has 1 atom stereocenters. The molecule has 2 heterocycles. The Balaban J connectivity index is 1.88. The highest BCUT2D eigenvalue weighted by molar-refractivity contribution is 5.61. The predicted octanol–water partition coefficient (Wildman–Crippen LogP) is 6.55. The zero-order chi connectivity index (χ0) is 28.9. The molecule has 1 aromatic heterocycles. The van der Waals surface area contributed by atoms with Gasteiger partial charge >= 0.3 is 18.5 Å². The van der Waals surface area contributed by atoms with Crippen molar-refractivity contribution in [2.45, 2.75) is 50.9 Å². The van der Waals surface area contributed by atoms with E-state index in [-0.39, 0.29) is 28.8 Å². The van der Waals surface area contributed by atoms with Gasteiger partial charge in [0.2, 0.25) is 0 Å². The lowest BCUT2D eigenvalue weighted by molar-refractivity contribution is -0.143. The average molecular weight is 566 g/mol. The molecule has 0 saturated carbocycles. The van der Waals surface area contributed by atoms with E-state index in [1.54, 1.807) is 11.9 Å². The molecule has 39 heavy (non-hydrogen) atoms. The molecular formula is C24H23F9N6. The van der Waals surface area contributed by atoms with Gasteiger partial charge in [0.1, 0.15) is 0 Å². The third-order valence-corrected chi connectivity index (χ3v) is 6.55. The number of aryl methyl sites for hydroxylation is 2. The highest BCUT2D eigenvalue weighted by Gasteiger charge is 2.39. The van der Waals surface area contributed by atoms with Gasteiger partial charge in [0.05, 0.1) is 29.8 Å². The minimum absolute atomic E-state index is 0.0341. The number of rotatable bonds is 4. The first-order valence-electron chi connectivity index (χ1n) is 11.7. The summed E-state index contributed by atoms with van der Waals surface area (Å²) in [6.45, 7) is 1.17. The summed E-state index contributed by atoms with van der Waals surface area (Å²) in [4.78, 5) is 4.09. The molecule has 0 saturated heterocycles. The van der Waals surface area contributed by atoms with Gasteiger partial charge in [0.15, 0.2) is 0 Å². The summed E-state index contributed by atoms with van der Waals surface area (Å²) in [5, 5.41) is 11.8. The van der Waals surface area contributed by atoms with Crippen molar-refractivity contribution < 1.29 is 39.5 Å². The first kappa shape index (κ1) is 28.5. The Morgan fingerprint density at radius 3 is 2.00 bits per heavy atom. The molecule has 0 fully saturated rings. The summed E-state index contributed by atoms with van der Waals surface area (Å²) >= 11 is 0. The summed E-state index contributed by atoms with van der Waals surface area (Å²) in [6.07, 6.45) is -13.9. The second-order valence-corrected chi connectivity index (χ2v) is 9.42. The molecule has 1 aliphatic heterocycles. The summed E-state index contributed by atoms with van der Waals surface area (Å²) in [5.74, 6) is -0.0958. The quantitative estimate of drug-likeness (QED) is 0.335. The van der Waals surface area contributed by atoms with E-state index in [0.717, 1.165) is 10.9 Å². The molecule has 0 amide bonds. The lowest BCUT2D eigenvalue weighted by atomic mass is 9.94. The molecule has 0 unspecified atom stereocenters. The first-order valence-corrected chi connectivity index (χ1v) is 11.7. The Bertz CT molecular complexity index is 1310. The van der Waals surface area contributed by atoms with Crippen LogP contribution >= 0.6 is 0 Å². The maximum Gasteiger partial charge on any atom is 0.416 e. The van der Waals surface area contributed by atoms with E-state index < -0.39 is 47.8 Å². The lowest BCUT2D eigenvalue weighted by Gasteiger charge is -2.32. The van der Waals surface area contributed by atoms with Gasteiger partial charge in [0, 0.05) is 25.8 Å². The second kappa shape index (κ2) is 9.90. The van der Waals surface area contributed by atoms with Crippen molar-refractivity contribution >= 4 is 11.6 Å². The van der Waals surface area contributed by atoms with Crippen molar-refractivity contribution in [2.75, 3.05) is 23.4 Å². The van der Waals surface area contributed by atoms with Gasteiger partial charge in [-0.1, -0.05) is 11.2 Å². The molecule has 4 rings (SSSR count). The molecule has 1 aliphatic rings. The van der Waals surface area contributed by atoms with Crippen molar-refractivity contribution in [3.05, 3.63) is 63.7 Å². The number of hydrogen-bond acceptors (Lipinski definition) is 5. The van der Waals surface area contributed by atoms with Gasteiger partial charge in [-0.2, -0.15) is 44.3 Å². The van der Waals surface area contributed by atoms with Crippen LogP contribution in [0.5, 0.6) is 0 Å². The van der Waals surface area contributed by atoms with Crippen LogP contribution in [-0.4, -0.2) is 33.8 Å². The topological polar surface area (TPSA) is 50.1 Å². The van der Waals surface area contributed by atoms with Crippen LogP contribution in [0, 0.1) is 6.92 Å². The fourth-order valence-electron chi connectivity index (χ4n) is 4.76. The van der Waals surface area contributed by atoms with Crippen molar-refractivity contribution in [1.29, 1.82) is 0 Å². The molecule has 0 radical (unpaired) electrons. The largest absolute Gasteiger partial charge is 0.416 e. The van der Waals surface area contributed by atoms with Gasteiger partial charge in [-0.15, -0.1) is 5.10 Å². The molecule has 6 nitrogen and oxygen atoms in total. The number of hydrogen-bond donors (Lipinski definition) is 0. The molecular weight excluding hydrogens is 543 g/mol. The minimum atomic E-state index is -5.05. The highest BCUT2D eigenvalue weighted by Crippen LogP contribution is 2.43. The molecule has 0 bridgehead atoms. The average Bonchev–Trinajstić information content (AvgIpc) is 3.17. The van der Waals surface area contributed by atoms with Crippen molar-refractivity contribution in [1.82, 2.24) is 20.2 Å². The summed E-state index contributed by atoms with van der Waals surface area (Å²) in [7, 11) is 3.04. The maximum absolute atomic E-state index is 13.7. The number of nitrogens with zero attached hydrogens (tertiary/aromatic N) is 6. The predicted molar refractivity (Wildman–Crippen MR) is 123 cm³/mol. The van der Waals surface area contributed by atoms with Crippen molar-refractivity contribution in [3.8, 4) is 0 Å². The van der Waals surface area contributed by atoms with Crippen LogP contribution in [0.3, 0.4) is 0 Å². The lowest BCUT2D eigenvalue weighted by Crippen LogP contribution is -2.30. The second-order valence-electron chi connectivity index (χ2n) is 9.42. The normalized spacial score (nSPS) is 16.7. The van der Waals surface area contributed by atoms with Gasteiger partial charge < -0.3 is 9.80 Å². The van der Waals surface area contributed by atoms with E-state index in [1.807, 2.05) is 0 Å². The van der Waals surface area contributed by atoms with Crippen LogP contribution in [-0.2, 0) is 32.1 Å². The summed E-state index contributed by atoms with van der Waals surface area (Å²) < 4.78 is 122. The number of alkyl halides is 9. The Morgan fingerprint density at radius 2 is 1.49 bits per heavy atom. The van der Waals surface area contributed by atoms with Gasteiger partial charge in [-0.25, -0.2) is 0 Å². The van der Waals surface area contributed by atoms with E-state index in [0.29, 0.717) is 37.1 Å². The molecule has 3 aromatic rings. The van der Waals surface area contributed by atoms with Gasteiger partial charge in [-0.05, 0) is 65.9 Å². The van der Waals surface area contributed by atoms with Crippen LogP contribution in [0.15, 0.2) is 30.3 Å². The van der Waals surface area contributed by atoms with Gasteiger partial charge in [-0.3, -0.25) is 0 Å². The van der Waals surface area contributed by atoms with Crippen LogP contribution in [0.2, 0.25) is 0 Å². The Morgan fingerprint density at radius 1 is 0.872 bits per heavy atom. The van der Waals surface area contributed by atoms with Crippen molar-refractivity contribution in [3.63, 3.8) is 0 Å². The van der Waals surface area contributed by atoms with E-state index in [2.05, 4.69) is 15.4 Å². The monoisotopic (exact) mass is 566 g/mol. The van der Waals surface area contributed by atoms with Crippen LogP contribution in [0.4, 0.5) is 51.1 Å². The number of halogens is 9. The van der Waals surface area contributed by atoms with Crippen LogP contribution in [0.25, 0.3) is 0 Å².